The van der Waals surface area contributed by atoms with Crippen LogP contribution >= 0.6 is 0 Å². The van der Waals surface area contributed by atoms with Crippen molar-refractivity contribution >= 4 is 11.9 Å². The number of carbonyl (C=O) groups excluding carboxylic acids is 1. The molecule has 6 nitrogen and oxygen atoms in total. The van der Waals surface area contributed by atoms with Gasteiger partial charge < -0.3 is 15.1 Å². The summed E-state index contributed by atoms with van der Waals surface area (Å²) >= 11 is 0. The molecule has 0 aliphatic carbocycles. The number of nitrogens with one attached hydrogen (secondary N) is 1. The Morgan fingerprint density at radius 2 is 1.45 bits per heavy atom. The third-order valence-electron chi connectivity index (χ3n) is 3.46. The van der Waals surface area contributed by atoms with Crippen molar-refractivity contribution in [1.29, 1.82) is 0 Å². The lowest BCUT2D eigenvalue weighted by atomic mass is 10.1. The van der Waals surface area contributed by atoms with Crippen molar-refractivity contribution in [2.75, 3.05) is 6.54 Å². The van der Waals surface area contributed by atoms with Crippen molar-refractivity contribution in [3.8, 4) is 0 Å². The monoisotopic (exact) mass is 317 g/mol. The van der Waals surface area contributed by atoms with Gasteiger partial charge in [0.1, 0.15) is 0 Å². The quantitative estimate of drug-likeness (QED) is 0.317. The SMILES string of the molecule is CCCCCCCCCCCCNOC(=O)CC(O)C(=O)O. The number of hydroxylamine groups is 1. The van der Waals surface area contributed by atoms with E-state index in [4.69, 9.17) is 10.2 Å². The van der Waals surface area contributed by atoms with Gasteiger partial charge in [0, 0.05) is 6.54 Å². The number of unbranched alkanes of at least 4 members (excludes halogenated alkanes) is 9. The van der Waals surface area contributed by atoms with Crippen molar-refractivity contribution < 1.29 is 24.6 Å². The Balaban J connectivity index is 3.23. The molecule has 0 aliphatic rings. The maximum Gasteiger partial charge on any atom is 0.333 e. The minimum Gasteiger partial charge on any atom is -0.479 e. The van der Waals surface area contributed by atoms with Gasteiger partial charge in [-0.2, -0.15) is 5.48 Å². The molecule has 3 N–H and O–H groups in total. The van der Waals surface area contributed by atoms with E-state index in [-0.39, 0.29) is 0 Å². The summed E-state index contributed by atoms with van der Waals surface area (Å²) < 4.78 is 0. The van der Waals surface area contributed by atoms with Crippen LogP contribution in [-0.4, -0.2) is 34.8 Å². The third-order valence-corrected chi connectivity index (χ3v) is 3.46. The van der Waals surface area contributed by atoms with Crippen LogP contribution in [0.3, 0.4) is 0 Å². The highest BCUT2D eigenvalue weighted by Crippen LogP contribution is 2.10. The summed E-state index contributed by atoms with van der Waals surface area (Å²) in [5.74, 6) is -2.19. The number of carbonyl (C=O) groups is 2. The molecule has 0 aromatic heterocycles. The van der Waals surface area contributed by atoms with E-state index in [2.05, 4.69) is 17.2 Å². The molecule has 0 amide bonds. The highest BCUT2D eigenvalue weighted by molar-refractivity contribution is 5.80. The molecule has 0 aromatic carbocycles. The fraction of sp³-hybridized carbons (Fsp3) is 0.875. The molecule has 1 atom stereocenters. The minimum absolute atomic E-state index is 0.541. The molecule has 22 heavy (non-hydrogen) atoms. The van der Waals surface area contributed by atoms with E-state index in [0.29, 0.717) is 6.54 Å². The fourth-order valence-corrected chi connectivity index (χ4v) is 2.10. The average molecular weight is 317 g/mol. The predicted octanol–water partition coefficient (Wildman–Crippen LogP) is 2.79. The second-order valence-corrected chi connectivity index (χ2v) is 5.61. The van der Waals surface area contributed by atoms with Crippen LogP contribution in [-0.2, 0) is 14.4 Å². The number of hydrogen-bond donors (Lipinski definition) is 3. The molecule has 1 unspecified atom stereocenters. The second-order valence-electron chi connectivity index (χ2n) is 5.61. The van der Waals surface area contributed by atoms with E-state index in [0.717, 1.165) is 12.8 Å². The molecule has 0 saturated carbocycles. The summed E-state index contributed by atoms with van der Waals surface area (Å²) in [7, 11) is 0. The third kappa shape index (κ3) is 13.8. The zero-order valence-electron chi connectivity index (χ0n) is 13.7. The molecule has 0 heterocycles. The first-order chi connectivity index (χ1) is 10.6. The first-order valence-electron chi connectivity index (χ1n) is 8.41. The largest absolute Gasteiger partial charge is 0.479 e. The van der Waals surface area contributed by atoms with Gasteiger partial charge in [0.25, 0.3) is 0 Å². The molecule has 6 heteroatoms. The van der Waals surface area contributed by atoms with Crippen LogP contribution < -0.4 is 5.48 Å². The molecular weight excluding hydrogens is 286 g/mol. The van der Waals surface area contributed by atoms with Gasteiger partial charge in [-0.1, -0.05) is 64.7 Å². The summed E-state index contributed by atoms with van der Waals surface area (Å²) in [6.45, 7) is 2.77. The molecule has 0 spiro atoms. The number of hydrogen-bond acceptors (Lipinski definition) is 5. The molecule has 0 saturated heterocycles. The Hall–Kier alpha value is -1.14. The van der Waals surface area contributed by atoms with E-state index in [1.54, 1.807) is 0 Å². The Morgan fingerprint density at radius 3 is 1.95 bits per heavy atom. The zero-order valence-corrected chi connectivity index (χ0v) is 13.7. The Labute approximate surface area is 133 Å². The highest BCUT2D eigenvalue weighted by Gasteiger charge is 2.18. The molecule has 0 aliphatic heterocycles. The minimum atomic E-state index is -1.70. The molecule has 0 rings (SSSR count). The van der Waals surface area contributed by atoms with Gasteiger partial charge >= 0.3 is 11.9 Å². The number of carboxylic acid groups (broad SMARTS) is 1. The average Bonchev–Trinajstić information content (AvgIpc) is 2.48. The lowest BCUT2D eigenvalue weighted by molar-refractivity contribution is -0.160. The van der Waals surface area contributed by atoms with E-state index in [1.807, 2.05) is 0 Å². The topological polar surface area (TPSA) is 95.9 Å². The van der Waals surface area contributed by atoms with E-state index in [1.165, 1.54) is 51.4 Å². The van der Waals surface area contributed by atoms with Gasteiger partial charge in [0.15, 0.2) is 6.10 Å². The van der Waals surface area contributed by atoms with Crippen molar-refractivity contribution in [3.63, 3.8) is 0 Å². The summed E-state index contributed by atoms with van der Waals surface area (Å²) in [6, 6.07) is 0. The lowest BCUT2D eigenvalue weighted by Crippen LogP contribution is -2.28. The number of rotatable bonds is 15. The van der Waals surface area contributed by atoms with Crippen molar-refractivity contribution in [2.45, 2.75) is 83.7 Å². The van der Waals surface area contributed by atoms with Crippen LogP contribution in [0.5, 0.6) is 0 Å². The second kappa shape index (κ2) is 14.8. The molecule has 0 fully saturated rings. The molecule has 0 bridgehead atoms. The predicted molar refractivity (Wildman–Crippen MR) is 84.2 cm³/mol. The first-order valence-corrected chi connectivity index (χ1v) is 8.41. The van der Waals surface area contributed by atoms with Crippen LogP contribution in [0, 0.1) is 0 Å². The van der Waals surface area contributed by atoms with E-state index in [9.17, 15) is 9.59 Å². The maximum atomic E-state index is 11.1. The first kappa shape index (κ1) is 20.9. The zero-order chi connectivity index (χ0) is 16.6. The molecule has 130 valence electrons. The van der Waals surface area contributed by atoms with Gasteiger partial charge in [-0.3, -0.25) is 4.79 Å². The maximum absolute atomic E-state index is 11.1. The van der Waals surface area contributed by atoms with Gasteiger partial charge in [0.05, 0.1) is 6.42 Å². The standard InChI is InChI=1S/C16H31NO5/c1-2-3-4-5-6-7-8-9-10-11-12-17-22-15(19)13-14(18)16(20)21/h14,17-18H,2-13H2,1H3,(H,20,21). The normalized spacial score (nSPS) is 12.1. The number of aliphatic hydroxyl groups excluding tert-OH is 1. The van der Waals surface area contributed by atoms with Crippen LogP contribution in [0.1, 0.15) is 77.6 Å². The van der Waals surface area contributed by atoms with Crippen molar-refractivity contribution in [2.24, 2.45) is 0 Å². The summed E-state index contributed by atoms with van der Waals surface area (Å²) in [4.78, 5) is 26.1. The number of aliphatic carboxylic acids is 1. The van der Waals surface area contributed by atoms with Crippen molar-refractivity contribution in [1.82, 2.24) is 5.48 Å². The van der Waals surface area contributed by atoms with Gasteiger partial charge in [-0.25, -0.2) is 4.79 Å². The number of aliphatic hydroxyl groups is 1. The Morgan fingerprint density at radius 1 is 0.955 bits per heavy atom. The van der Waals surface area contributed by atoms with Crippen LogP contribution in [0.4, 0.5) is 0 Å². The summed E-state index contributed by atoms with van der Waals surface area (Å²) in [5.41, 5.74) is 2.50. The fourth-order valence-electron chi connectivity index (χ4n) is 2.10. The Kier molecular flexibility index (Phi) is 14.0. The van der Waals surface area contributed by atoms with Gasteiger partial charge in [-0.05, 0) is 6.42 Å². The molecule has 0 aromatic rings. The number of carboxylic acids is 1. The van der Waals surface area contributed by atoms with Crippen molar-refractivity contribution in [3.05, 3.63) is 0 Å². The van der Waals surface area contributed by atoms with E-state index >= 15 is 0 Å². The van der Waals surface area contributed by atoms with Crippen LogP contribution in [0.25, 0.3) is 0 Å². The Bertz CT molecular complexity index is 296. The highest BCUT2D eigenvalue weighted by atomic mass is 16.7. The van der Waals surface area contributed by atoms with Gasteiger partial charge in [0.2, 0.25) is 0 Å². The van der Waals surface area contributed by atoms with Crippen LogP contribution in [0.2, 0.25) is 0 Å². The molecular formula is C16H31NO5. The van der Waals surface area contributed by atoms with E-state index < -0.39 is 24.5 Å². The lowest BCUT2D eigenvalue weighted by Gasteiger charge is -2.07. The summed E-state index contributed by atoms with van der Waals surface area (Å²) in [6.07, 6.45) is 10.1. The summed E-state index contributed by atoms with van der Waals surface area (Å²) in [5, 5.41) is 17.4. The van der Waals surface area contributed by atoms with Gasteiger partial charge in [-0.15, -0.1) is 0 Å². The molecule has 0 radical (unpaired) electrons. The smallest absolute Gasteiger partial charge is 0.333 e. The van der Waals surface area contributed by atoms with Crippen LogP contribution in [0.15, 0.2) is 0 Å².